The summed E-state index contributed by atoms with van der Waals surface area (Å²) in [5.74, 6) is -1.33. The molecule has 1 fully saturated rings. The second-order valence-corrected chi connectivity index (χ2v) is 7.75. The summed E-state index contributed by atoms with van der Waals surface area (Å²) in [5, 5.41) is 17.9. The molecule has 2 aromatic carbocycles. The molecule has 1 aromatic heterocycles. The minimum absolute atomic E-state index is 0.0665. The molecule has 1 saturated heterocycles. The van der Waals surface area contributed by atoms with Crippen molar-refractivity contribution in [2.24, 2.45) is 0 Å². The van der Waals surface area contributed by atoms with Gasteiger partial charge in [0.15, 0.2) is 5.58 Å². The first-order valence-corrected chi connectivity index (χ1v) is 10.0. The molecule has 2 aliphatic heterocycles. The number of hydrogen-bond donors (Lipinski definition) is 2. The number of nitrogens with one attached hydrogen (secondary N) is 1. The lowest BCUT2D eigenvalue weighted by molar-refractivity contribution is 0.0879. The van der Waals surface area contributed by atoms with Crippen LogP contribution in [0.15, 0.2) is 28.8 Å². The van der Waals surface area contributed by atoms with Crippen molar-refractivity contribution >= 4 is 28.5 Å². The molecule has 3 heterocycles. The Labute approximate surface area is 171 Å². The molecule has 0 aliphatic carbocycles. The lowest BCUT2D eigenvalue weighted by Crippen LogP contribution is -2.34. The Morgan fingerprint density at radius 3 is 2.73 bits per heavy atom. The molecule has 0 atom stereocenters. The number of carbonyl (C=O) groups excluding carboxylic acids is 2. The predicted octanol–water partition coefficient (Wildman–Crippen LogP) is 3.50. The molecule has 2 N–H and O–H groups in total. The number of nitrogens with zero attached hydrogens (tertiary/aromatic N) is 2. The predicted molar refractivity (Wildman–Crippen MR) is 107 cm³/mol. The second-order valence-electron chi connectivity index (χ2n) is 7.75. The third-order valence-electron chi connectivity index (χ3n) is 6.12. The number of phenols is 1. The molecule has 0 unspecified atom stereocenters. The zero-order valence-corrected chi connectivity index (χ0v) is 16.4. The largest absolute Gasteiger partial charge is 0.507 e. The van der Waals surface area contributed by atoms with Crippen molar-refractivity contribution in [3.05, 3.63) is 52.5 Å². The summed E-state index contributed by atoms with van der Waals surface area (Å²) in [6.45, 7) is 3.30. The Kier molecular flexibility index (Phi) is 4.23. The smallest absolute Gasteiger partial charge is 0.262 e. The lowest BCUT2D eigenvalue weighted by atomic mass is 9.90. The second kappa shape index (κ2) is 6.83. The van der Waals surface area contributed by atoms with Gasteiger partial charge in [0.05, 0.1) is 16.8 Å². The minimum atomic E-state index is -0.554. The van der Waals surface area contributed by atoms with E-state index < -0.39 is 11.8 Å². The maximum Gasteiger partial charge on any atom is 0.262 e. The van der Waals surface area contributed by atoms with Gasteiger partial charge in [0, 0.05) is 41.7 Å². The van der Waals surface area contributed by atoms with Crippen LogP contribution < -0.4 is 10.2 Å². The third-order valence-corrected chi connectivity index (χ3v) is 6.12. The maximum absolute atomic E-state index is 13.4. The maximum atomic E-state index is 13.4. The fourth-order valence-electron chi connectivity index (χ4n) is 4.59. The molecule has 8 heteroatoms. The molecule has 5 rings (SSSR count). The van der Waals surface area contributed by atoms with Gasteiger partial charge in [-0.15, -0.1) is 0 Å². The van der Waals surface area contributed by atoms with Gasteiger partial charge in [-0.3, -0.25) is 14.9 Å². The molecular formula is C22H20FN3O4. The molecule has 0 saturated carbocycles. The van der Waals surface area contributed by atoms with Crippen molar-refractivity contribution in [3.8, 4) is 5.75 Å². The van der Waals surface area contributed by atoms with E-state index in [1.807, 2.05) is 6.92 Å². The number of hydrogen-bond acceptors (Lipinski definition) is 6. The van der Waals surface area contributed by atoms with E-state index in [1.165, 1.54) is 12.1 Å². The van der Waals surface area contributed by atoms with Gasteiger partial charge in [-0.2, -0.15) is 0 Å². The van der Waals surface area contributed by atoms with Gasteiger partial charge in [-0.25, -0.2) is 4.39 Å². The van der Waals surface area contributed by atoms with Crippen molar-refractivity contribution in [3.63, 3.8) is 0 Å². The first-order chi connectivity index (χ1) is 14.5. The van der Waals surface area contributed by atoms with E-state index in [9.17, 15) is 19.1 Å². The van der Waals surface area contributed by atoms with Crippen LogP contribution in [0, 0.1) is 5.82 Å². The van der Waals surface area contributed by atoms with Crippen LogP contribution in [-0.4, -0.2) is 35.2 Å². The molecule has 3 aromatic rings. The summed E-state index contributed by atoms with van der Waals surface area (Å²) in [6, 6.07) is 6.16. The van der Waals surface area contributed by atoms with Crippen LogP contribution in [-0.2, 0) is 6.42 Å². The van der Waals surface area contributed by atoms with Crippen LogP contribution in [0.4, 0.5) is 10.1 Å². The number of carbonyl (C=O) groups is 2. The number of aromatic nitrogens is 1. The van der Waals surface area contributed by atoms with E-state index in [2.05, 4.69) is 15.4 Å². The topological polar surface area (TPSA) is 95.7 Å². The van der Waals surface area contributed by atoms with E-state index in [0.29, 0.717) is 30.7 Å². The van der Waals surface area contributed by atoms with E-state index in [1.54, 1.807) is 12.1 Å². The number of halogens is 1. The lowest BCUT2D eigenvalue weighted by Gasteiger charge is -2.34. The van der Waals surface area contributed by atoms with Gasteiger partial charge in [0.1, 0.15) is 11.6 Å². The number of imide groups is 1. The highest BCUT2D eigenvalue weighted by atomic mass is 19.1. The van der Waals surface area contributed by atoms with E-state index in [-0.39, 0.29) is 28.6 Å². The highest BCUT2D eigenvalue weighted by Gasteiger charge is 2.34. The Hall–Kier alpha value is -3.42. The average Bonchev–Trinajstić information content (AvgIpc) is 3.28. The molecular weight excluding hydrogens is 389 g/mol. The summed E-state index contributed by atoms with van der Waals surface area (Å²) >= 11 is 0. The van der Waals surface area contributed by atoms with Gasteiger partial charge in [-0.1, -0.05) is 12.1 Å². The van der Waals surface area contributed by atoms with Gasteiger partial charge in [-0.05, 0) is 37.5 Å². The molecule has 2 aliphatic rings. The SMILES string of the molecule is CCc1c(N2CCC(c3noc4cc(F)ccc34)CC2)cc2c(c1O)C(=O)NC2=O. The van der Waals surface area contributed by atoms with Gasteiger partial charge in [0.25, 0.3) is 11.8 Å². The van der Waals surface area contributed by atoms with Crippen LogP contribution >= 0.6 is 0 Å². The van der Waals surface area contributed by atoms with Crippen LogP contribution in [0.1, 0.15) is 57.7 Å². The molecule has 0 bridgehead atoms. The average molecular weight is 409 g/mol. The first-order valence-electron chi connectivity index (χ1n) is 10.0. The standard InChI is InChI=1S/C22H20FN3O4/c1-2-13-16(10-15-18(20(13)27)22(29)24-21(15)28)26-7-5-11(6-8-26)19-14-4-3-12(23)9-17(14)30-25-19/h3-4,9-11,27H,2,5-8H2,1H3,(H,24,28,29). The molecule has 0 spiro atoms. The zero-order chi connectivity index (χ0) is 21.0. The van der Waals surface area contributed by atoms with Crippen LogP contribution in [0.5, 0.6) is 5.75 Å². The minimum Gasteiger partial charge on any atom is -0.507 e. The Balaban J connectivity index is 1.43. The molecule has 2 amide bonds. The van der Waals surface area contributed by atoms with Crippen molar-refractivity contribution in [1.29, 1.82) is 0 Å². The normalized spacial score (nSPS) is 16.9. The van der Waals surface area contributed by atoms with E-state index in [4.69, 9.17) is 4.52 Å². The quantitative estimate of drug-likeness (QED) is 0.643. The van der Waals surface area contributed by atoms with Gasteiger partial charge < -0.3 is 14.5 Å². The fraction of sp³-hybridized carbons (Fsp3) is 0.318. The van der Waals surface area contributed by atoms with Gasteiger partial charge >= 0.3 is 0 Å². The number of anilines is 1. The van der Waals surface area contributed by atoms with Crippen molar-refractivity contribution in [2.75, 3.05) is 18.0 Å². The summed E-state index contributed by atoms with van der Waals surface area (Å²) < 4.78 is 18.7. The fourth-order valence-corrected chi connectivity index (χ4v) is 4.59. The van der Waals surface area contributed by atoms with Crippen LogP contribution in [0.2, 0.25) is 0 Å². The van der Waals surface area contributed by atoms with Gasteiger partial charge in [0.2, 0.25) is 0 Å². The number of phenolic OH excluding ortho intramolecular Hbond substituents is 1. The zero-order valence-electron chi connectivity index (χ0n) is 16.4. The number of fused-ring (bicyclic) bond motifs is 2. The number of rotatable bonds is 3. The number of amides is 2. The summed E-state index contributed by atoms with van der Waals surface area (Å²) in [5.41, 5.74) is 3.01. The highest BCUT2D eigenvalue weighted by Crippen LogP contribution is 2.40. The first kappa shape index (κ1) is 18.6. The van der Waals surface area contributed by atoms with Crippen LogP contribution in [0.3, 0.4) is 0 Å². The monoisotopic (exact) mass is 409 g/mol. The van der Waals surface area contributed by atoms with Crippen LogP contribution in [0.25, 0.3) is 11.0 Å². The molecule has 0 radical (unpaired) electrons. The Morgan fingerprint density at radius 1 is 1.23 bits per heavy atom. The van der Waals surface area contributed by atoms with E-state index >= 15 is 0 Å². The summed E-state index contributed by atoms with van der Waals surface area (Å²) in [6.07, 6.45) is 2.13. The third kappa shape index (κ3) is 2.74. The molecule has 7 nitrogen and oxygen atoms in total. The number of piperidine rings is 1. The van der Waals surface area contributed by atoms with Crippen molar-refractivity contribution < 1.29 is 23.6 Å². The molecule has 154 valence electrons. The highest BCUT2D eigenvalue weighted by molar-refractivity contribution is 6.23. The Bertz CT molecular complexity index is 1190. The molecule has 30 heavy (non-hydrogen) atoms. The van der Waals surface area contributed by atoms with E-state index in [0.717, 1.165) is 29.6 Å². The summed E-state index contributed by atoms with van der Waals surface area (Å²) in [7, 11) is 0. The summed E-state index contributed by atoms with van der Waals surface area (Å²) in [4.78, 5) is 26.3. The number of benzene rings is 2. The van der Waals surface area contributed by atoms with Crippen molar-refractivity contribution in [1.82, 2.24) is 10.5 Å². The Morgan fingerprint density at radius 2 is 2.00 bits per heavy atom. The number of aromatic hydroxyl groups is 1. The van der Waals surface area contributed by atoms with Crippen molar-refractivity contribution in [2.45, 2.75) is 32.1 Å².